The highest BCUT2D eigenvalue weighted by atomic mass is 16.5. The number of nitrogens with zero attached hydrogens (tertiary/aromatic N) is 1. The molecule has 2 N–H and O–H groups in total. The molecule has 0 saturated carbocycles. The third-order valence-electron chi connectivity index (χ3n) is 3.96. The third-order valence-corrected chi connectivity index (χ3v) is 3.96. The molecule has 1 aromatic rings. The number of nitriles is 1. The van der Waals surface area contributed by atoms with Crippen molar-refractivity contribution in [3.63, 3.8) is 0 Å². The number of aliphatic hydroxyl groups excluding tert-OH is 2. The van der Waals surface area contributed by atoms with Crippen LogP contribution in [0.5, 0.6) is 5.75 Å². The summed E-state index contributed by atoms with van der Waals surface area (Å²) in [5.41, 5.74) is 2.44. The van der Waals surface area contributed by atoms with Gasteiger partial charge in [0, 0.05) is 11.1 Å². The smallest absolute Gasteiger partial charge is 0.131 e. The van der Waals surface area contributed by atoms with Crippen LogP contribution in [0.15, 0.2) is 41.7 Å². The zero-order valence-corrected chi connectivity index (χ0v) is 14.1. The van der Waals surface area contributed by atoms with E-state index >= 15 is 0 Å². The van der Waals surface area contributed by atoms with Gasteiger partial charge in [0.1, 0.15) is 28.8 Å². The second kappa shape index (κ2) is 6.91. The molecule has 0 radical (unpaired) electrons. The van der Waals surface area contributed by atoms with Crippen molar-refractivity contribution < 1.29 is 19.7 Å². The number of hydrogen-bond donors (Lipinski definition) is 2. The molecule has 1 aromatic carbocycles. The fraction of sp³-hybridized carbons (Fsp3) is 0.316. The number of rotatable bonds is 5. The van der Waals surface area contributed by atoms with E-state index in [1.54, 1.807) is 24.3 Å². The van der Waals surface area contributed by atoms with Crippen LogP contribution < -0.4 is 4.74 Å². The molecule has 0 aliphatic carbocycles. The monoisotopic (exact) mass is 327 g/mol. The Balaban J connectivity index is 2.55. The second-order valence-electron chi connectivity index (χ2n) is 5.96. The van der Waals surface area contributed by atoms with Crippen molar-refractivity contribution >= 4 is 6.08 Å². The maximum atomic E-state index is 9.62. The molecule has 0 unspecified atom stereocenters. The molecule has 0 spiro atoms. The van der Waals surface area contributed by atoms with Crippen LogP contribution in [0, 0.1) is 11.3 Å². The molecule has 5 nitrogen and oxygen atoms in total. The van der Waals surface area contributed by atoms with Crippen molar-refractivity contribution in [1.82, 2.24) is 0 Å². The molecule has 24 heavy (non-hydrogen) atoms. The minimum absolute atomic E-state index is 0.141. The van der Waals surface area contributed by atoms with E-state index in [-0.39, 0.29) is 13.2 Å². The van der Waals surface area contributed by atoms with Gasteiger partial charge in [-0.25, -0.2) is 0 Å². The highest BCUT2D eigenvalue weighted by Gasteiger charge is 2.35. The van der Waals surface area contributed by atoms with Gasteiger partial charge in [-0.2, -0.15) is 5.26 Å². The van der Waals surface area contributed by atoms with E-state index in [0.29, 0.717) is 39.3 Å². The van der Waals surface area contributed by atoms with E-state index in [1.165, 1.54) is 7.11 Å². The van der Waals surface area contributed by atoms with E-state index in [1.807, 2.05) is 13.8 Å². The van der Waals surface area contributed by atoms with Gasteiger partial charge in [-0.05, 0) is 31.0 Å². The van der Waals surface area contributed by atoms with Gasteiger partial charge in [-0.3, -0.25) is 0 Å². The van der Waals surface area contributed by atoms with Crippen molar-refractivity contribution in [3.05, 3.63) is 58.4 Å². The molecule has 0 atom stereocenters. The molecular formula is C19H21NO4. The van der Waals surface area contributed by atoms with Gasteiger partial charge in [-0.1, -0.05) is 24.8 Å². The SMILES string of the molecule is C=C1OC(C)(C)C(/C=C/c2c(CO)cc(CO)cc2OC)=C1C#N. The van der Waals surface area contributed by atoms with Gasteiger partial charge in [0.2, 0.25) is 0 Å². The number of ether oxygens (including phenoxy) is 2. The summed E-state index contributed by atoms with van der Waals surface area (Å²) in [6.07, 6.45) is 3.56. The van der Waals surface area contributed by atoms with Crippen molar-refractivity contribution in [3.8, 4) is 11.8 Å². The molecule has 1 heterocycles. The van der Waals surface area contributed by atoms with Crippen LogP contribution in [0.25, 0.3) is 6.08 Å². The third kappa shape index (κ3) is 3.21. The van der Waals surface area contributed by atoms with Gasteiger partial charge >= 0.3 is 0 Å². The van der Waals surface area contributed by atoms with Crippen LogP contribution in [-0.2, 0) is 18.0 Å². The number of aliphatic hydroxyl groups is 2. The standard InChI is InChI=1S/C19H21NO4/c1-12-16(9-20)17(19(2,3)24-12)6-5-15-14(11-22)7-13(10-21)8-18(15)23-4/h5-8,21-22H,1,10-11H2,2-4H3/b6-5+. The lowest BCUT2D eigenvalue weighted by Gasteiger charge is -2.20. The Bertz CT molecular complexity index is 741. The van der Waals surface area contributed by atoms with Gasteiger partial charge in [-0.15, -0.1) is 0 Å². The van der Waals surface area contributed by atoms with Gasteiger partial charge in [0.15, 0.2) is 0 Å². The minimum Gasteiger partial charge on any atom is -0.496 e. The summed E-state index contributed by atoms with van der Waals surface area (Å²) in [6.45, 7) is 7.16. The largest absolute Gasteiger partial charge is 0.496 e. The molecular weight excluding hydrogens is 306 g/mol. The molecule has 0 saturated heterocycles. The van der Waals surface area contributed by atoms with Crippen molar-refractivity contribution in [2.24, 2.45) is 0 Å². The summed E-state index contributed by atoms with van der Waals surface area (Å²) in [5, 5.41) is 28.3. The molecule has 2 rings (SSSR count). The summed E-state index contributed by atoms with van der Waals surface area (Å²) in [5.74, 6) is 0.892. The molecule has 0 fully saturated rings. The maximum Gasteiger partial charge on any atom is 0.131 e. The molecule has 0 bridgehead atoms. The maximum absolute atomic E-state index is 9.62. The lowest BCUT2D eigenvalue weighted by Crippen LogP contribution is -2.20. The Morgan fingerprint density at radius 1 is 1.29 bits per heavy atom. The normalized spacial score (nSPS) is 16.4. The van der Waals surface area contributed by atoms with Crippen LogP contribution >= 0.6 is 0 Å². The minimum atomic E-state index is -0.656. The van der Waals surface area contributed by atoms with Gasteiger partial charge in [0.05, 0.1) is 20.3 Å². The molecule has 1 aliphatic heterocycles. The summed E-state index contributed by atoms with van der Waals surface area (Å²) in [6, 6.07) is 5.56. The predicted octanol–water partition coefficient (Wildman–Crippen LogP) is 2.84. The number of allylic oxidation sites excluding steroid dienone is 1. The Labute approximate surface area is 141 Å². The first-order valence-corrected chi connectivity index (χ1v) is 7.50. The number of benzene rings is 1. The van der Waals surface area contributed by atoms with Crippen molar-refractivity contribution in [2.45, 2.75) is 32.7 Å². The van der Waals surface area contributed by atoms with E-state index in [0.717, 1.165) is 0 Å². The fourth-order valence-corrected chi connectivity index (χ4v) is 2.77. The van der Waals surface area contributed by atoms with Crippen LogP contribution in [0.2, 0.25) is 0 Å². The first kappa shape index (κ1) is 17.8. The van der Waals surface area contributed by atoms with E-state index < -0.39 is 5.60 Å². The van der Waals surface area contributed by atoms with Gasteiger partial charge in [0.25, 0.3) is 0 Å². The summed E-state index contributed by atoms with van der Waals surface area (Å²) in [7, 11) is 1.53. The Morgan fingerprint density at radius 3 is 2.54 bits per heavy atom. The zero-order valence-electron chi connectivity index (χ0n) is 14.1. The second-order valence-corrected chi connectivity index (χ2v) is 5.96. The fourth-order valence-electron chi connectivity index (χ4n) is 2.77. The zero-order chi connectivity index (χ0) is 17.9. The summed E-state index contributed by atoms with van der Waals surface area (Å²) < 4.78 is 11.0. The molecule has 126 valence electrons. The van der Waals surface area contributed by atoms with Crippen molar-refractivity contribution in [2.75, 3.05) is 7.11 Å². The number of methoxy groups -OCH3 is 1. The molecule has 5 heteroatoms. The lowest BCUT2D eigenvalue weighted by atomic mass is 9.93. The van der Waals surface area contributed by atoms with Crippen LogP contribution in [-0.4, -0.2) is 22.9 Å². The summed E-state index contributed by atoms with van der Waals surface area (Å²) in [4.78, 5) is 0. The quantitative estimate of drug-likeness (QED) is 0.869. The van der Waals surface area contributed by atoms with Crippen molar-refractivity contribution in [1.29, 1.82) is 5.26 Å². The van der Waals surface area contributed by atoms with Crippen LogP contribution in [0.3, 0.4) is 0 Å². The van der Waals surface area contributed by atoms with E-state index in [4.69, 9.17) is 9.47 Å². The Kier molecular flexibility index (Phi) is 5.13. The lowest BCUT2D eigenvalue weighted by molar-refractivity contribution is 0.0972. The van der Waals surface area contributed by atoms with Crippen LogP contribution in [0.4, 0.5) is 0 Å². The Morgan fingerprint density at radius 2 is 2.00 bits per heavy atom. The predicted molar refractivity (Wildman–Crippen MR) is 90.8 cm³/mol. The average Bonchev–Trinajstić information content (AvgIpc) is 2.79. The Hall–Kier alpha value is -2.55. The highest BCUT2D eigenvalue weighted by Crippen LogP contribution is 2.38. The first-order valence-electron chi connectivity index (χ1n) is 7.50. The summed E-state index contributed by atoms with van der Waals surface area (Å²) >= 11 is 0. The first-order chi connectivity index (χ1) is 11.4. The molecule has 0 aromatic heterocycles. The van der Waals surface area contributed by atoms with Gasteiger partial charge < -0.3 is 19.7 Å². The van der Waals surface area contributed by atoms with Crippen LogP contribution in [0.1, 0.15) is 30.5 Å². The average molecular weight is 327 g/mol. The number of hydrogen-bond acceptors (Lipinski definition) is 5. The van der Waals surface area contributed by atoms with E-state index in [9.17, 15) is 15.5 Å². The molecule has 1 aliphatic rings. The topological polar surface area (TPSA) is 82.7 Å². The van der Waals surface area contributed by atoms with E-state index in [2.05, 4.69) is 12.6 Å². The molecule has 0 amide bonds. The highest BCUT2D eigenvalue weighted by molar-refractivity contribution is 5.67.